The van der Waals surface area contributed by atoms with Crippen molar-refractivity contribution in [3.8, 4) is 0 Å². The number of aromatic nitrogens is 1. The summed E-state index contributed by atoms with van der Waals surface area (Å²) in [5.74, 6) is -0.586. The average Bonchev–Trinajstić information content (AvgIpc) is 2.86. The minimum absolute atomic E-state index is 0.0777. The van der Waals surface area contributed by atoms with E-state index in [1.54, 1.807) is 4.90 Å². The molecular formula is C29H46N4O5. The normalized spacial score (nSPS) is 20.2. The topological polar surface area (TPSA) is 121 Å². The number of ether oxygens (including phenoxy) is 1. The predicted molar refractivity (Wildman–Crippen MR) is 147 cm³/mol. The maximum absolute atomic E-state index is 12.9. The zero-order valence-electron chi connectivity index (χ0n) is 23.6. The number of anilines is 1. The lowest BCUT2D eigenvalue weighted by Gasteiger charge is -2.37. The number of pyridine rings is 1. The highest BCUT2D eigenvalue weighted by Crippen LogP contribution is 2.26. The summed E-state index contributed by atoms with van der Waals surface area (Å²) < 4.78 is 5.44. The van der Waals surface area contributed by atoms with Gasteiger partial charge in [-0.05, 0) is 76.8 Å². The van der Waals surface area contributed by atoms with Crippen LogP contribution in [0.3, 0.4) is 0 Å². The monoisotopic (exact) mass is 530 g/mol. The molecule has 2 aliphatic rings. The molecule has 2 aliphatic heterocycles. The number of fused-ring (bicyclic) bond motifs is 1. The Morgan fingerprint density at radius 1 is 1.18 bits per heavy atom. The number of aliphatic carboxylic acids is 1. The molecule has 0 aliphatic carbocycles. The van der Waals surface area contributed by atoms with Crippen LogP contribution in [0.4, 0.5) is 10.6 Å². The molecule has 0 radical (unpaired) electrons. The van der Waals surface area contributed by atoms with E-state index in [0.717, 1.165) is 69.4 Å². The van der Waals surface area contributed by atoms with Gasteiger partial charge in [-0.3, -0.25) is 4.79 Å². The van der Waals surface area contributed by atoms with Gasteiger partial charge in [-0.15, -0.1) is 0 Å². The van der Waals surface area contributed by atoms with Gasteiger partial charge in [-0.25, -0.2) is 14.6 Å². The Morgan fingerprint density at radius 3 is 2.63 bits per heavy atom. The Morgan fingerprint density at radius 2 is 1.92 bits per heavy atom. The van der Waals surface area contributed by atoms with Crippen molar-refractivity contribution in [2.24, 2.45) is 11.8 Å². The summed E-state index contributed by atoms with van der Waals surface area (Å²) in [6.45, 7) is 9.24. The Hall–Kier alpha value is -2.84. The highest BCUT2D eigenvalue weighted by molar-refractivity contribution is 5.85. The van der Waals surface area contributed by atoms with Crippen LogP contribution < -0.4 is 10.6 Å². The average molecular weight is 531 g/mol. The lowest BCUT2D eigenvalue weighted by molar-refractivity contribution is -0.143. The van der Waals surface area contributed by atoms with Gasteiger partial charge in [-0.2, -0.15) is 0 Å². The minimum atomic E-state index is -0.996. The number of hydrogen-bond acceptors (Lipinski definition) is 6. The first kappa shape index (κ1) is 29.7. The van der Waals surface area contributed by atoms with Crippen molar-refractivity contribution in [2.75, 3.05) is 25.0 Å². The summed E-state index contributed by atoms with van der Waals surface area (Å²) in [4.78, 5) is 43.4. The van der Waals surface area contributed by atoms with Gasteiger partial charge in [0.05, 0.1) is 0 Å². The maximum atomic E-state index is 12.9. The molecule has 0 bridgehead atoms. The molecule has 1 fully saturated rings. The number of unbranched alkanes of at least 4 members (excludes halogenated alkanes) is 4. The van der Waals surface area contributed by atoms with Gasteiger partial charge in [0.1, 0.15) is 17.5 Å². The number of hydrogen-bond donors (Lipinski definition) is 3. The number of likely N-dealkylation sites (tertiary alicyclic amines) is 1. The van der Waals surface area contributed by atoms with Gasteiger partial charge in [0, 0.05) is 31.2 Å². The molecule has 3 N–H and O–H groups in total. The number of carbonyl (C=O) groups excluding carboxylic acids is 2. The van der Waals surface area contributed by atoms with Crippen molar-refractivity contribution in [3.63, 3.8) is 0 Å². The van der Waals surface area contributed by atoms with E-state index >= 15 is 0 Å². The van der Waals surface area contributed by atoms with Crippen LogP contribution in [0.15, 0.2) is 12.1 Å². The molecule has 3 heterocycles. The third kappa shape index (κ3) is 9.17. The summed E-state index contributed by atoms with van der Waals surface area (Å²) in [5.41, 5.74) is 1.86. The third-order valence-corrected chi connectivity index (χ3v) is 7.39. The van der Waals surface area contributed by atoms with E-state index < -0.39 is 17.6 Å². The molecule has 38 heavy (non-hydrogen) atoms. The van der Waals surface area contributed by atoms with Crippen molar-refractivity contribution in [3.05, 3.63) is 23.4 Å². The first-order chi connectivity index (χ1) is 18.0. The zero-order chi connectivity index (χ0) is 27.7. The summed E-state index contributed by atoms with van der Waals surface area (Å²) in [6.07, 6.45) is 8.61. The van der Waals surface area contributed by atoms with Crippen LogP contribution in [-0.2, 0) is 27.2 Å². The quantitative estimate of drug-likeness (QED) is 0.352. The van der Waals surface area contributed by atoms with Gasteiger partial charge in [-0.1, -0.05) is 38.7 Å². The van der Waals surface area contributed by atoms with Gasteiger partial charge < -0.3 is 25.4 Å². The number of nitrogens with zero attached hydrogens (tertiary/aromatic N) is 2. The van der Waals surface area contributed by atoms with Crippen LogP contribution in [0, 0.1) is 11.8 Å². The lowest BCUT2D eigenvalue weighted by Crippen LogP contribution is -2.51. The summed E-state index contributed by atoms with van der Waals surface area (Å²) in [6, 6.07) is 3.44. The van der Waals surface area contributed by atoms with Crippen molar-refractivity contribution in [1.29, 1.82) is 0 Å². The van der Waals surface area contributed by atoms with E-state index in [2.05, 4.69) is 22.8 Å². The zero-order valence-corrected chi connectivity index (χ0v) is 23.6. The first-order valence-corrected chi connectivity index (χ1v) is 14.3. The molecule has 1 aromatic rings. The maximum Gasteiger partial charge on any atom is 0.410 e. The molecule has 2 amide bonds. The molecule has 0 aromatic carbocycles. The molecule has 1 unspecified atom stereocenters. The SMILES string of the molecule is C[C@H]1CN(C(=O)OC(C)(C)C)CC[C@H]1C(=O)NC(CCCCCCCc1ccc2c(n1)NCCC2)C(=O)O. The minimum Gasteiger partial charge on any atom is -0.480 e. The van der Waals surface area contributed by atoms with Gasteiger partial charge in [0.25, 0.3) is 0 Å². The summed E-state index contributed by atoms with van der Waals surface area (Å²) >= 11 is 0. The Kier molecular flexibility index (Phi) is 10.8. The largest absolute Gasteiger partial charge is 0.480 e. The van der Waals surface area contributed by atoms with Crippen molar-refractivity contribution >= 4 is 23.8 Å². The molecule has 0 spiro atoms. The van der Waals surface area contributed by atoms with E-state index in [1.807, 2.05) is 27.7 Å². The molecule has 1 aromatic heterocycles. The highest BCUT2D eigenvalue weighted by Gasteiger charge is 2.36. The number of carboxylic acid groups (broad SMARTS) is 1. The second-order valence-electron chi connectivity index (χ2n) is 11.8. The van der Waals surface area contributed by atoms with Gasteiger partial charge in [0.2, 0.25) is 5.91 Å². The van der Waals surface area contributed by atoms with Crippen LogP contribution in [0.1, 0.15) is 90.3 Å². The number of aryl methyl sites for hydroxylation is 2. The number of carboxylic acids is 1. The van der Waals surface area contributed by atoms with Crippen LogP contribution in [0.25, 0.3) is 0 Å². The summed E-state index contributed by atoms with van der Waals surface area (Å²) in [7, 11) is 0. The fraction of sp³-hybridized carbons (Fsp3) is 0.724. The van der Waals surface area contributed by atoms with E-state index in [4.69, 9.17) is 9.72 Å². The lowest BCUT2D eigenvalue weighted by atomic mass is 9.86. The van der Waals surface area contributed by atoms with E-state index in [-0.39, 0.29) is 23.8 Å². The van der Waals surface area contributed by atoms with Gasteiger partial charge >= 0.3 is 12.1 Å². The predicted octanol–water partition coefficient (Wildman–Crippen LogP) is 4.79. The Labute approximate surface area is 227 Å². The number of nitrogens with one attached hydrogen (secondary N) is 2. The van der Waals surface area contributed by atoms with E-state index in [1.165, 1.54) is 5.56 Å². The number of piperidine rings is 1. The Bertz CT molecular complexity index is 961. The van der Waals surface area contributed by atoms with Crippen LogP contribution >= 0.6 is 0 Å². The standard InChI is InChI=1S/C29H46N4O5/c1-20-19-33(28(37)38-29(2,3)4)18-16-23(20)26(34)32-24(27(35)36)13-9-7-5-6-8-12-22-15-14-21-11-10-17-30-25(21)31-22/h14-15,20,23-24H,5-13,16-19H2,1-4H3,(H,30,31)(H,32,34)(H,35,36)/t20-,23+,24?/m0/s1. The molecule has 0 saturated carbocycles. The van der Waals surface area contributed by atoms with Crippen LogP contribution in [0.5, 0.6) is 0 Å². The smallest absolute Gasteiger partial charge is 0.410 e. The van der Waals surface area contributed by atoms with Crippen molar-refractivity contribution in [1.82, 2.24) is 15.2 Å². The second-order valence-corrected chi connectivity index (χ2v) is 11.8. The fourth-order valence-corrected chi connectivity index (χ4v) is 5.26. The molecule has 9 nitrogen and oxygen atoms in total. The van der Waals surface area contributed by atoms with Crippen LogP contribution in [-0.4, -0.2) is 64.2 Å². The Balaban J connectivity index is 1.33. The van der Waals surface area contributed by atoms with Gasteiger partial charge in [0.15, 0.2) is 0 Å². The molecule has 1 saturated heterocycles. The number of rotatable bonds is 11. The molecule has 3 atom stereocenters. The highest BCUT2D eigenvalue weighted by atomic mass is 16.6. The third-order valence-electron chi connectivity index (χ3n) is 7.39. The fourth-order valence-electron chi connectivity index (χ4n) is 5.26. The molecular weight excluding hydrogens is 484 g/mol. The van der Waals surface area contributed by atoms with E-state index in [9.17, 15) is 19.5 Å². The van der Waals surface area contributed by atoms with Crippen molar-refractivity contribution < 1.29 is 24.2 Å². The number of carbonyl (C=O) groups is 3. The first-order valence-electron chi connectivity index (χ1n) is 14.3. The van der Waals surface area contributed by atoms with Crippen LogP contribution in [0.2, 0.25) is 0 Å². The number of amides is 2. The summed E-state index contributed by atoms with van der Waals surface area (Å²) in [5, 5.41) is 15.8. The molecule has 212 valence electrons. The molecule has 3 rings (SSSR count). The van der Waals surface area contributed by atoms with E-state index in [0.29, 0.717) is 25.9 Å². The second kappa shape index (κ2) is 13.8. The van der Waals surface area contributed by atoms with Crippen molar-refractivity contribution in [2.45, 2.75) is 104 Å². The molecule has 9 heteroatoms.